The Bertz CT molecular complexity index is 6920. The predicted octanol–water partition coefficient (Wildman–Crippen LogP) is 36.3. The number of allylic oxidation sites excluding steroid dienone is 1. The van der Waals surface area contributed by atoms with Crippen molar-refractivity contribution in [3.05, 3.63) is 599 Å². The lowest BCUT2D eigenvalue weighted by Gasteiger charge is -2.13. The molecule has 0 aliphatic heterocycles. The lowest BCUT2D eigenvalue weighted by Crippen LogP contribution is -2.09. The molecule has 0 fully saturated rings. The molecule has 0 aliphatic carbocycles. The van der Waals surface area contributed by atoms with Gasteiger partial charge in [-0.2, -0.15) is 0 Å². The van der Waals surface area contributed by atoms with Gasteiger partial charge in [0.2, 0.25) is 0 Å². The Morgan fingerprint density at radius 2 is 0.300 bits per heavy atom. The number of ether oxygens (including phenoxy) is 2. The molecule has 0 aromatic heterocycles. The first-order valence-electron chi connectivity index (χ1n) is 49.5. The fourth-order valence-corrected chi connectivity index (χ4v) is 17.5. The normalized spacial score (nSPS) is 11.1. The van der Waals surface area contributed by atoms with Crippen molar-refractivity contribution in [1.29, 1.82) is 0 Å². The number of benzene rings is 18. The minimum Gasteiger partial charge on any atom is -0.490 e. The molecule has 18 rings (SSSR count). The lowest BCUT2D eigenvalue weighted by molar-refractivity contribution is 0.217. The Labute approximate surface area is 832 Å². The molecule has 0 unspecified atom stereocenters. The maximum Gasteiger partial charge on any atom is 0.122 e. The highest BCUT2D eigenvalue weighted by Crippen LogP contribution is 2.38. The molecule has 0 heterocycles. The van der Waals surface area contributed by atoms with E-state index in [1.807, 2.05) is 24.3 Å². The van der Waals surface area contributed by atoms with Crippen molar-refractivity contribution in [2.45, 2.75) is 109 Å². The highest BCUT2D eigenvalue weighted by Gasteiger charge is 2.16. The van der Waals surface area contributed by atoms with Crippen LogP contribution in [0.25, 0.3) is 97.2 Å². The van der Waals surface area contributed by atoms with Gasteiger partial charge in [0.15, 0.2) is 0 Å². The fraction of sp³-hybridized carbons (Fsp3) is 0.130. The molecule has 0 radical (unpaired) electrons. The average Bonchev–Trinajstić information content (AvgIpc) is 0.820. The standard InChI is InChI=1S/C63H58O2.C44H38.C31H30/c1-6-47-13-29-56(30-14-47)63(57-31-15-48(7-2)16-32-57)44-50-19-27-52(28-20-50)51-25-17-49(18-26-51)43-62(55-23-11-46(5)12-24-55)58-35-39-60(40-36-58)65-42-41-64-59-37-33-54(34-38-59)61(8-3)53-21-9-45(4)10-22-53;1-31-5-17-39(18-6-31)43(40-19-7-32(2)8-20-40)29-35-13-25-37(26-14-35)38-27-15-36(16-28-38)30-44(41-21-9-33(3)10-22-41)42-23-11-34(4)12-24-42;1-4-24-8-18-29(19-9-24)31(30-20-10-25(5-2)11-21-30)22-26-12-16-28(17-13-26)27-14-6-23(3)7-15-27/h8-40,43-44H,6-7,41-42H2,1-5H3;5-30H,1-4H3;6-22H,4-5H2,1-3H3/b61-8+,62-43-;;. The van der Waals surface area contributed by atoms with Crippen LogP contribution in [-0.2, 0) is 25.7 Å². The molecule has 690 valence electrons. The van der Waals surface area contributed by atoms with Crippen molar-refractivity contribution in [2.75, 3.05) is 13.2 Å². The second-order valence-electron chi connectivity index (χ2n) is 36.6. The van der Waals surface area contributed by atoms with E-state index in [9.17, 15) is 0 Å². The Balaban J connectivity index is 0.000000163. The molecule has 0 spiro atoms. The van der Waals surface area contributed by atoms with Crippen LogP contribution in [0.1, 0.15) is 190 Å². The number of rotatable bonds is 29. The van der Waals surface area contributed by atoms with Crippen LogP contribution in [0.4, 0.5) is 0 Å². The molecule has 0 aliphatic rings. The molecule has 2 nitrogen and oxygen atoms in total. The molecule has 0 amide bonds. The molecular formula is C138H126O2. The van der Waals surface area contributed by atoms with E-state index in [0.717, 1.165) is 53.9 Å². The zero-order valence-corrected chi connectivity index (χ0v) is 83.1. The van der Waals surface area contributed by atoms with Gasteiger partial charge in [0.25, 0.3) is 0 Å². The summed E-state index contributed by atoms with van der Waals surface area (Å²) >= 11 is 0. The molecule has 0 saturated carbocycles. The van der Waals surface area contributed by atoms with Gasteiger partial charge in [-0.1, -0.05) is 485 Å². The van der Waals surface area contributed by atoms with E-state index in [4.69, 9.17) is 9.47 Å². The molecular weight excluding hydrogens is 1690 g/mol. The molecule has 2 heteroatoms. The van der Waals surface area contributed by atoms with E-state index < -0.39 is 0 Å². The number of hydrogen-bond donors (Lipinski definition) is 0. The quantitative estimate of drug-likeness (QED) is 0.0344. The van der Waals surface area contributed by atoms with Crippen molar-refractivity contribution >= 4 is 63.8 Å². The Kier molecular flexibility index (Phi) is 33.1. The van der Waals surface area contributed by atoms with E-state index in [1.165, 1.54) is 206 Å². The Morgan fingerprint density at radius 1 is 0.164 bits per heavy atom. The molecule has 0 N–H and O–H groups in total. The smallest absolute Gasteiger partial charge is 0.122 e. The summed E-state index contributed by atoms with van der Waals surface area (Å²) in [7, 11) is 0. The minimum absolute atomic E-state index is 0.444. The third kappa shape index (κ3) is 26.2. The highest BCUT2D eigenvalue weighted by atomic mass is 16.5. The van der Waals surface area contributed by atoms with Crippen molar-refractivity contribution in [2.24, 2.45) is 0 Å². The summed E-state index contributed by atoms with van der Waals surface area (Å²) in [5, 5.41) is 0. The first-order valence-corrected chi connectivity index (χ1v) is 49.5. The van der Waals surface area contributed by atoms with Gasteiger partial charge in [0.1, 0.15) is 24.7 Å². The molecule has 0 saturated heterocycles. The van der Waals surface area contributed by atoms with Crippen LogP contribution in [0.5, 0.6) is 11.5 Å². The lowest BCUT2D eigenvalue weighted by atomic mass is 9.93. The van der Waals surface area contributed by atoms with Crippen molar-refractivity contribution in [3.8, 4) is 44.9 Å². The minimum atomic E-state index is 0.444. The third-order valence-electron chi connectivity index (χ3n) is 26.3. The topological polar surface area (TPSA) is 18.5 Å². The summed E-state index contributed by atoms with van der Waals surface area (Å²) in [6.07, 6.45) is 17.8. The SMILES string of the molecule is C/C=C(\c1ccc(C)cc1)c1ccc(OCCOc2ccc(/C(=C\c3ccc(-c4ccc(C=C(c5ccc(CC)cc5)c5ccc(CC)cc5)cc4)cc3)c3ccc(C)cc3)cc2)cc1.CCc1ccc(C(=Cc2ccc(-c3ccc(C)cc3)cc2)c2ccc(CC)cc2)cc1.Cc1ccc(C(=Cc2ccc(-c3ccc(C=C(c4ccc(C)cc4)c4ccc(C)cc4)cc3)cc2)c2ccc(C)cc2)cc1. The van der Waals surface area contributed by atoms with Crippen molar-refractivity contribution in [3.63, 3.8) is 0 Å². The summed E-state index contributed by atoms with van der Waals surface area (Å²) in [5.41, 5.74) is 49.3. The monoisotopic (exact) mass is 1810 g/mol. The zero-order valence-electron chi connectivity index (χ0n) is 83.1. The van der Waals surface area contributed by atoms with Gasteiger partial charge >= 0.3 is 0 Å². The van der Waals surface area contributed by atoms with E-state index in [-0.39, 0.29) is 0 Å². The Morgan fingerprint density at radius 3 is 0.457 bits per heavy atom. The molecule has 0 bridgehead atoms. The van der Waals surface area contributed by atoms with E-state index in [1.54, 1.807) is 0 Å². The van der Waals surface area contributed by atoms with E-state index >= 15 is 0 Å². The van der Waals surface area contributed by atoms with E-state index in [0.29, 0.717) is 13.2 Å². The first-order chi connectivity index (χ1) is 68.4. The second-order valence-corrected chi connectivity index (χ2v) is 36.6. The maximum absolute atomic E-state index is 6.13. The van der Waals surface area contributed by atoms with Crippen LogP contribution in [0, 0.1) is 48.5 Å². The van der Waals surface area contributed by atoms with Gasteiger partial charge in [0.05, 0.1) is 0 Å². The van der Waals surface area contributed by atoms with Crippen molar-refractivity contribution < 1.29 is 9.47 Å². The van der Waals surface area contributed by atoms with Crippen LogP contribution in [0.3, 0.4) is 0 Å². The van der Waals surface area contributed by atoms with Crippen LogP contribution in [0.15, 0.2) is 443 Å². The summed E-state index contributed by atoms with van der Waals surface area (Å²) in [5.74, 6) is 1.64. The molecule has 18 aromatic carbocycles. The van der Waals surface area contributed by atoms with Crippen LogP contribution >= 0.6 is 0 Å². The summed E-state index contributed by atoms with van der Waals surface area (Å²) in [6, 6.07) is 158. The van der Waals surface area contributed by atoms with Crippen molar-refractivity contribution in [1.82, 2.24) is 0 Å². The zero-order chi connectivity index (χ0) is 97.1. The molecule has 0 atom stereocenters. The Hall–Kier alpha value is -16.0. The summed E-state index contributed by atoms with van der Waals surface area (Å²) in [6.45, 7) is 26.7. The van der Waals surface area contributed by atoms with Gasteiger partial charge in [0, 0.05) is 0 Å². The average molecular weight is 1820 g/mol. The van der Waals surface area contributed by atoms with Gasteiger partial charge in [-0.15, -0.1) is 0 Å². The van der Waals surface area contributed by atoms with Gasteiger partial charge < -0.3 is 9.47 Å². The largest absolute Gasteiger partial charge is 0.490 e. The number of hydrogen-bond acceptors (Lipinski definition) is 2. The first kappa shape index (κ1) is 97.1. The van der Waals surface area contributed by atoms with Crippen LogP contribution < -0.4 is 9.47 Å². The third-order valence-corrected chi connectivity index (χ3v) is 26.3. The summed E-state index contributed by atoms with van der Waals surface area (Å²) in [4.78, 5) is 0. The maximum atomic E-state index is 6.13. The van der Waals surface area contributed by atoms with Crippen LogP contribution in [-0.4, -0.2) is 13.2 Å². The van der Waals surface area contributed by atoms with E-state index in [2.05, 4.69) is 532 Å². The van der Waals surface area contributed by atoms with Gasteiger partial charge in [-0.05, 0) is 319 Å². The summed E-state index contributed by atoms with van der Waals surface area (Å²) < 4.78 is 12.2. The van der Waals surface area contributed by atoms with Gasteiger partial charge in [-0.25, -0.2) is 0 Å². The molecule has 18 aromatic rings. The fourth-order valence-electron chi connectivity index (χ4n) is 17.5. The molecule has 140 heavy (non-hydrogen) atoms. The number of aryl methyl sites for hydroxylation is 11. The predicted molar refractivity (Wildman–Crippen MR) is 602 cm³/mol. The second kappa shape index (κ2) is 47.7. The van der Waals surface area contributed by atoms with Crippen LogP contribution in [0.2, 0.25) is 0 Å². The highest BCUT2D eigenvalue weighted by molar-refractivity contribution is 5.97. The van der Waals surface area contributed by atoms with Gasteiger partial charge in [-0.3, -0.25) is 0 Å².